The van der Waals surface area contributed by atoms with Crippen molar-refractivity contribution in [2.75, 3.05) is 0 Å². The van der Waals surface area contributed by atoms with Crippen LogP contribution < -0.4 is 4.74 Å². The highest BCUT2D eigenvalue weighted by Gasteiger charge is 2.35. The molecular weight excluding hydrogens is 520 g/mol. The monoisotopic (exact) mass is 544 g/mol. The van der Waals surface area contributed by atoms with E-state index in [0.29, 0.717) is 22.3 Å². The Morgan fingerprint density at radius 1 is 0.525 bits per heavy atom. The van der Waals surface area contributed by atoms with Gasteiger partial charge in [-0.25, -0.2) is 8.42 Å². The number of benzene rings is 6. The number of sulfone groups is 1. The lowest BCUT2D eigenvalue weighted by Crippen LogP contribution is -2.12. The van der Waals surface area contributed by atoms with Crippen LogP contribution in [0.3, 0.4) is 0 Å². The second-order valence-electron chi connectivity index (χ2n) is 9.98. The first-order valence-corrected chi connectivity index (χ1v) is 14.4. The first-order chi connectivity index (χ1) is 19.5. The normalized spacial score (nSPS) is 13.6. The summed E-state index contributed by atoms with van der Waals surface area (Å²) in [6, 6.07) is 33.9. The number of fused-ring (bicyclic) bond motifs is 6. The first kappa shape index (κ1) is 24.5. The number of ether oxygens (including phenoxy) is 1. The van der Waals surface area contributed by atoms with E-state index in [4.69, 9.17) is 4.74 Å². The lowest BCUT2D eigenvalue weighted by molar-refractivity contribution is 0.281. The van der Waals surface area contributed by atoms with Gasteiger partial charge in [0.25, 0.3) is 0 Å². The van der Waals surface area contributed by atoms with E-state index in [1.54, 1.807) is 12.1 Å². The van der Waals surface area contributed by atoms with Gasteiger partial charge in [-0.1, -0.05) is 72.8 Å². The molecule has 6 aromatic rings. The first-order valence-electron chi connectivity index (χ1n) is 12.9. The molecule has 1 heterocycles. The summed E-state index contributed by atoms with van der Waals surface area (Å²) in [7, 11) is -3.92. The molecule has 0 amide bonds. The number of hydrogen-bond acceptors (Lipinski definition) is 5. The van der Waals surface area contributed by atoms with E-state index in [2.05, 4.69) is 0 Å². The minimum absolute atomic E-state index is 0.0472. The van der Waals surface area contributed by atoms with E-state index in [0.717, 1.165) is 44.2 Å². The van der Waals surface area contributed by atoms with Crippen molar-refractivity contribution in [1.82, 2.24) is 0 Å². The highest BCUT2D eigenvalue weighted by atomic mass is 32.2. The van der Waals surface area contributed by atoms with Gasteiger partial charge >= 0.3 is 0 Å². The molecule has 5 nitrogen and oxygen atoms in total. The standard InChI is InChI=1S/C34H24O5S/c35-19-21-3-1-5-23(15-21)25-7-11-29-27(17-25)9-13-31-33(29)40(37,38)34-30-12-8-26(18-28(30)10-14-32(34)39-31)24-6-2-4-22(16-24)20-36/h1-18,35-36H,19-20H2. The Labute approximate surface area is 231 Å². The van der Waals surface area contributed by atoms with E-state index in [9.17, 15) is 18.6 Å². The molecule has 0 spiro atoms. The average Bonchev–Trinajstić information content (AvgIpc) is 3.00. The van der Waals surface area contributed by atoms with Crippen LogP contribution in [0.2, 0.25) is 0 Å². The number of rotatable bonds is 4. The Morgan fingerprint density at radius 3 is 1.43 bits per heavy atom. The molecule has 0 aromatic heterocycles. The van der Waals surface area contributed by atoms with Crippen molar-refractivity contribution >= 4 is 31.4 Å². The molecule has 1 aliphatic heterocycles. The van der Waals surface area contributed by atoms with Gasteiger partial charge in [0.05, 0.1) is 13.2 Å². The van der Waals surface area contributed by atoms with Crippen LogP contribution in [0.5, 0.6) is 11.5 Å². The molecule has 40 heavy (non-hydrogen) atoms. The Kier molecular flexibility index (Phi) is 5.71. The van der Waals surface area contributed by atoms with Crippen LogP contribution in [0.4, 0.5) is 0 Å². The fraction of sp³-hybridized carbons (Fsp3) is 0.0588. The van der Waals surface area contributed by atoms with Crippen molar-refractivity contribution in [1.29, 1.82) is 0 Å². The quantitative estimate of drug-likeness (QED) is 0.244. The van der Waals surface area contributed by atoms with Crippen molar-refractivity contribution in [2.45, 2.75) is 23.0 Å². The molecule has 0 atom stereocenters. The van der Waals surface area contributed by atoms with Gasteiger partial charge in [0.2, 0.25) is 9.84 Å². The third-order valence-electron chi connectivity index (χ3n) is 7.51. The molecule has 6 aromatic carbocycles. The van der Waals surface area contributed by atoms with E-state index >= 15 is 0 Å². The molecule has 0 saturated heterocycles. The molecule has 0 saturated carbocycles. The van der Waals surface area contributed by atoms with Gasteiger partial charge in [-0.3, -0.25) is 0 Å². The smallest absolute Gasteiger partial charge is 0.215 e. The van der Waals surface area contributed by atoms with Crippen LogP contribution in [0.25, 0.3) is 43.8 Å². The molecule has 196 valence electrons. The van der Waals surface area contributed by atoms with Gasteiger partial charge < -0.3 is 14.9 Å². The summed E-state index contributed by atoms with van der Waals surface area (Å²) < 4.78 is 34.7. The summed E-state index contributed by atoms with van der Waals surface area (Å²) in [5.74, 6) is 0.624. The largest absolute Gasteiger partial charge is 0.455 e. The van der Waals surface area contributed by atoms with Crippen molar-refractivity contribution in [2.24, 2.45) is 0 Å². The van der Waals surface area contributed by atoms with Crippen LogP contribution >= 0.6 is 0 Å². The molecule has 0 fully saturated rings. The molecule has 0 unspecified atom stereocenters. The Morgan fingerprint density at radius 2 is 0.975 bits per heavy atom. The highest BCUT2D eigenvalue weighted by molar-refractivity contribution is 7.92. The fourth-order valence-corrected chi connectivity index (χ4v) is 7.46. The third kappa shape index (κ3) is 3.88. The summed E-state index contributed by atoms with van der Waals surface area (Å²) >= 11 is 0. The second-order valence-corrected chi connectivity index (χ2v) is 11.8. The van der Waals surface area contributed by atoms with Gasteiger partial charge in [-0.05, 0) is 80.6 Å². The molecular formula is C34H24O5S. The van der Waals surface area contributed by atoms with Crippen LogP contribution in [0.15, 0.2) is 119 Å². The highest BCUT2D eigenvalue weighted by Crippen LogP contribution is 2.49. The van der Waals surface area contributed by atoms with Crippen LogP contribution in [-0.2, 0) is 23.1 Å². The number of aliphatic hydroxyl groups excluding tert-OH is 2. The Hall–Kier alpha value is -4.49. The van der Waals surface area contributed by atoms with E-state index < -0.39 is 9.84 Å². The predicted octanol–water partition coefficient (Wildman–Crippen LogP) is 7.25. The second kappa shape index (κ2) is 9.31. The SMILES string of the molecule is O=S1(=O)c2c(ccc3cc(-c4cccc(CO)c4)ccc23)Oc2ccc3cc(-c4cccc(CO)c4)ccc3c21. The molecule has 0 aliphatic carbocycles. The molecule has 2 N–H and O–H groups in total. The fourth-order valence-electron chi connectivity index (χ4n) is 5.56. The van der Waals surface area contributed by atoms with Crippen LogP contribution in [0.1, 0.15) is 11.1 Å². The van der Waals surface area contributed by atoms with Gasteiger partial charge in [-0.15, -0.1) is 0 Å². The summed E-state index contributed by atoms with van der Waals surface area (Å²) in [5.41, 5.74) is 5.38. The van der Waals surface area contributed by atoms with Gasteiger partial charge in [-0.2, -0.15) is 0 Å². The minimum Gasteiger partial charge on any atom is -0.455 e. The van der Waals surface area contributed by atoms with Crippen molar-refractivity contribution in [3.05, 3.63) is 120 Å². The topological polar surface area (TPSA) is 83.8 Å². The zero-order chi connectivity index (χ0) is 27.4. The van der Waals surface area contributed by atoms with Crippen molar-refractivity contribution in [3.63, 3.8) is 0 Å². The van der Waals surface area contributed by atoms with E-state index in [1.807, 2.05) is 97.1 Å². The third-order valence-corrected chi connectivity index (χ3v) is 9.43. The lowest BCUT2D eigenvalue weighted by Gasteiger charge is -2.23. The maximum absolute atomic E-state index is 14.3. The van der Waals surface area contributed by atoms with Gasteiger partial charge in [0.1, 0.15) is 21.3 Å². The zero-order valence-corrected chi connectivity index (χ0v) is 22.2. The summed E-state index contributed by atoms with van der Waals surface area (Å²) in [6.45, 7) is -0.0944. The summed E-state index contributed by atoms with van der Waals surface area (Å²) in [5, 5.41) is 21.8. The van der Waals surface area contributed by atoms with Crippen LogP contribution in [-0.4, -0.2) is 18.6 Å². The zero-order valence-electron chi connectivity index (χ0n) is 21.3. The molecule has 7 rings (SSSR count). The van der Waals surface area contributed by atoms with E-state index in [1.165, 1.54) is 0 Å². The van der Waals surface area contributed by atoms with E-state index in [-0.39, 0.29) is 23.0 Å². The maximum atomic E-state index is 14.3. The van der Waals surface area contributed by atoms with Gasteiger partial charge in [0.15, 0.2) is 0 Å². The Balaban J connectivity index is 1.37. The number of aliphatic hydroxyl groups is 2. The molecule has 0 radical (unpaired) electrons. The van der Waals surface area contributed by atoms with Crippen LogP contribution in [0, 0.1) is 0 Å². The van der Waals surface area contributed by atoms with Gasteiger partial charge in [0, 0.05) is 10.8 Å². The molecule has 1 aliphatic rings. The Bertz CT molecular complexity index is 1940. The lowest BCUT2D eigenvalue weighted by atomic mass is 9.99. The van der Waals surface area contributed by atoms with Crippen molar-refractivity contribution in [3.8, 4) is 33.8 Å². The maximum Gasteiger partial charge on any atom is 0.215 e. The average molecular weight is 545 g/mol. The number of hydrogen-bond donors (Lipinski definition) is 2. The van der Waals surface area contributed by atoms with Crippen molar-refractivity contribution < 1.29 is 23.4 Å². The molecule has 0 bridgehead atoms. The summed E-state index contributed by atoms with van der Waals surface area (Å²) in [6.07, 6.45) is 0. The molecule has 6 heteroatoms. The minimum atomic E-state index is -3.92. The predicted molar refractivity (Wildman–Crippen MR) is 156 cm³/mol. The summed E-state index contributed by atoms with van der Waals surface area (Å²) in [4.78, 5) is 0.334.